The molecule has 1 aliphatic heterocycles. The number of phenols is 1. The summed E-state index contributed by atoms with van der Waals surface area (Å²) in [7, 11) is 1.65. The third-order valence-corrected chi connectivity index (χ3v) is 5.23. The number of nitrogens with one attached hydrogen (secondary N) is 1. The summed E-state index contributed by atoms with van der Waals surface area (Å²) in [6.45, 7) is 2.53. The number of hydrogen-bond donors (Lipinski definition) is 2. The van der Waals surface area contributed by atoms with E-state index >= 15 is 0 Å². The molecule has 2 aromatic carbocycles. The molecule has 1 fully saturated rings. The molecular formula is C20H23BrN2O3. The number of nitrogens with zero attached hydrogens (tertiary/aromatic N) is 1. The molecule has 3 rings (SSSR count). The first kappa shape index (κ1) is 18.7. The van der Waals surface area contributed by atoms with Gasteiger partial charge in [-0.25, -0.2) is 0 Å². The Morgan fingerprint density at radius 3 is 2.58 bits per heavy atom. The number of methoxy groups -OCH3 is 1. The fourth-order valence-electron chi connectivity index (χ4n) is 3.31. The summed E-state index contributed by atoms with van der Waals surface area (Å²) in [6.07, 6.45) is 2.35. The zero-order valence-electron chi connectivity index (χ0n) is 14.7. The predicted octanol–water partition coefficient (Wildman–Crippen LogP) is 3.73. The maximum atomic E-state index is 12.5. The van der Waals surface area contributed by atoms with Crippen molar-refractivity contribution in [2.75, 3.05) is 26.7 Å². The second kappa shape index (κ2) is 8.56. The molecule has 0 aliphatic carbocycles. The second-order valence-corrected chi connectivity index (χ2v) is 7.32. The normalized spacial score (nSPS) is 15.6. The van der Waals surface area contributed by atoms with Gasteiger partial charge >= 0.3 is 0 Å². The summed E-state index contributed by atoms with van der Waals surface area (Å²) in [5, 5.41) is 12.9. The van der Waals surface area contributed by atoms with Crippen molar-refractivity contribution in [3.05, 3.63) is 58.1 Å². The Bertz CT molecular complexity index is 758. The summed E-state index contributed by atoms with van der Waals surface area (Å²) in [6, 6.07) is 12.9. The van der Waals surface area contributed by atoms with Gasteiger partial charge < -0.3 is 15.2 Å². The molecule has 1 saturated heterocycles. The molecule has 1 heterocycles. The fraction of sp³-hybridized carbons (Fsp3) is 0.350. The number of phenolic OH excluding ortho intramolecular Hbond substituents is 1. The number of carbonyl (C=O) groups excluding carboxylic acids is 1. The number of hydrogen-bond acceptors (Lipinski definition) is 4. The van der Waals surface area contributed by atoms with Crippen molar-refractivity contribution in [1.82, 2.24) is 10.2 Å². The fourth-order valence-corrected chi connectivity index (χ4v) is 3.67. The first-order valence-corrected chi connectivity index (χ1v) is 9.52. The van der Waals surface area contributed by atoms with Crippen LogP contribution < -0.4 is 10.1 Å². The summed E-state index contributed by atoms with van der Waals surface area (Å²) in [5.74, 6) is 0.520. The number of likely N-dealkylation sites (tertiary alicyclic amines) is 1. The van der Waals surface area contributed by atoms with Crippen LogP contribution in [0.3, 0.4) is 0 Å². The van der Waals surface area contributed by atoms with Gasteiger partial charge in [0.2, 0.25) is 0 Å². The van der Waals surface area contributed by atoms with Gasteiger partial charge in [0.25, 0.3) is 5.91 Å². The minimum Gasteiger partial charge on any atom is -0.507 e. The number of carbonyl (C=O) groups is 1. The minimum absolute atomic E-state index is 0.0205. The van der Waals surface area contributed by atoms with E-state index in [1.165, 1.54) is 18.9 Å². The minimum atomic E-state index is -0.276. The van der Waals surface area contributed by atoms with Gasteiger partial charge in [0, 0.05) is 11.0 Å². The average molecular weight is 419 g/mol. The van der Waals surface area contributed by atoms with Crippen molar-refractivity contribution >= 4 is 21.8 Å². The molecule has 1 aliphatic rings. The molecule has 1 amide bonds. The van der Waals surface area contributed by atoms with Crippen LogP contribution in [0.2, 0.25) is 0 Å². The highest BCUT2D eigenvalue weighted by Gasteiger charge is 2.24. The van der Waals surface area contributed by atoms with Gasteiger partial charge in [-0.05, 0) is 61.8 Å². The van der Waals surface area contributed by atoms with E-state index in [1.807, 2.05) is 24.3 Å². The first-order chi connectivity index (χ1) is 12.6. The van der Waals surface area contributed by atoms with Crippen molar-refractivity contribution in [2.45, 2.75) is 18.9 Å². The highest BCUT2D eigenvalue weighted by atomic mass is 79.9. The number of halogens is 1. The molecule has 2 aromatic rings. The molecule has 1 atom stereocenters. The molecule has 0 unspecified atom stereocenters. The lowest BCUT2D eigenvalue weighted by molar-refractivity contribution is 0.0935. The molecule has 138 valence electrons. The van der Waals surface area contributed by atoms with E-state index < -0.39 is 0 Å². The van der Waals surface area contributed by atoms with E-state index in [0.29, 0.717) is 6.54 Å². The van der Waals surface area contributed by atoms with E-state index in [0.717, 1.165) is 28.9 Å². The van der Waals surface area contributed by atoms with Gasteiger partial charge in [-0.3, -0.25) is 9.69 Å². The van der Waals surface area contributed by atoms with Crippen molar-refractivity contribution < 1.29 is 14.6 Å². The van der Waals surface area contributed by atoms with Crippen LogP contribution in [0, 0.1) is 0 Å². The topological polar surface area (TPSA) is 61.8 Å². The zero-order chi connectivity index (χ0) is 18.5. The molecular weight excluding hydrogens is 396 g/mol. The van der Waals surface area contributed by atoms with E-state index in [9.17, 15) is 9.90 Å². The Hall–Kier alpha value is -2.05. The molecule has 0 saturated carbocycles. The van der Waals surface area contributed by atoms with E-state index in [1.54, 1.807) is 19.2 Å². The van der Waals surface area contributed by atoms with Crippen LogP contribution >= 0.6 is 15.9 Å². The van der Waals surface area contributed by atoms with E-state index in [-0.39, 0.29) is 23.3 Å². The van der Waals surface area contributed by atoms with Crippen molar-refractivity contribution in [3.63, 3.8) is 0 Å². The standard InChI is InChI=1S/C20H23BrN2O3/c1-26-16-7-4-14(5-8-16)18(23-10-2-3-11-23)13-22-20(25)17-12-15(21)6-9-19(17)24/h4-9,12,18,24H,2-3,10-11,13H2,1H3,(H,22,25)/t18-/m1/s1. The number of rotatable bonds is 6. The number of benzene rings is 2. The predicted molar refractivity (Wildman–Crippen MR) is 105 cm³/mol. The van der Waals surface area contributed by atoms with Crippen LogP contribution in [0.4, 0.5) is 0 Å². The van der Waals surface area contributed by atoms with Gasteiger partial charge in [-0.2, -0.15) is 0 Å². The molecule has 0 aromatic heterocycles. The van der Waals surface area contributed by atoms with Gasteiger partial charge in [0.1, 0.15) is 11.5 Å². The van der Waals surface area contributed by atoms with Crippen LogP contribution in [0.5, 0.6) is 11.5 Å². The molecule has 5 nitrogen and oxygen atoms in total. The highest BCUT2D eigenvalue weighted by molar-refractivity contribution is 9.10. The van der Waals surface area contributed by atoms with Crippen molar-refractivity contribution in [3.8, 4) is 11.5 Å². The van der Waals surface area contributed by atoms with Gasteiger partial charge in [-0.15, -0.1) is 0 Å². The van der Waals surface area contributed by atoms with Gasteiger partial charge in [0.15, 0.2) is 0 Å². The van der Waals surface area contributed by atoms with E-state index in [2.05, 4.69) is 26.1 Å². The summed E-state index contributed by atoms with van der Waals surface area (Å²) >= 11 is 3.34. The molecule has 2 N–H and O–H groups in total. The molecule has 26 heavy (non-hydrogen) atoms. The lowest BCUT2D eigenvalue weighted by atomic mass is 10.0. The smallest absolute Gasteiger partial charge is 0.255 e. The van der Waals surface area contributed by atoms with Crippen LogP contribution in [0.1, 0.15) is 34.8 Å². The quantitative estimate of drug-likeness (QED) is 0.749. The summed E-state index contributed by atoms with van der Waals surface area (Å²) < 4.78 is 6.00. The highest BCUT2D eigenvalue weighted by Crippen LogP contribution is 2.27. The van der Waals surface area contributed by atoms with Crippen LogP contribution in [0.15, 0.2) is 46.9 Å². The molecule has 0 radical (unpaired) electrons. The molecule has 0 bridgehead atoms. The monoisotopic (exact) mass is 418 g/mol. The Labute approximate surface area is 162 Å². The molecule has 0 spiro atoms. The Balaban J connectivity index is 1.75. The average Bonchev–Trinajstić information content (AvgIpc) is 3.18. The lowest BCUT2D eigenvalue weighted by Crippen LogP contribution is -2.36. The second-order valence-electron chi connectivity index (χ2n) is 6.40. The lowest BCUT2D eigenvalue weighted by Gasteiger charge is -2.28. The largest absolute Gasteiger partial charge is 0.507 e. The van der Waals surface area contributed by atoms with Crippen LogP contribution in [0.25, 0.3) is 0 Å². The Morgan fingerprint density at radius 1 is 1.23 bits per heavy atom. The molecule has 6 heteroatoms. The Kier molecular flexibility index (Phi) is 6.16. The van der Waals surface area contributed by atoms with Crippen molar-refractivity contribution in [2.24, 2.45) is 0 Å². The van der Waals surface area contributed by atoms with Crippen LogP contribution in [-0.2, 0) is 0 Å². The summed E-state index contributed by atoms with van der Waals surface area (Å²) in [5.41, 5.74) is 1.42. The SMILES string of the molecule is COc1ccc([C@@H](CNC(=O)c2cc(Br)ccc2O)N2CCCC2)cc1. The maximum absolute atomic E-state index is 12.5. The van der Waals surface area contributed by atoms with Gasteiger partial charge in [-0.1, -0.05) is 28.1 Å². The summed E-state index contributed by atoms with van der Waals surface area (Å²) in [4.78, 5) is 14.9. The van der Waals surface area contributed by atoms with Crippen molar-refractivity contribution in [1.29, 1.82) is 0 Å². The third kappa shape index (κ3) is 4.37. The zero-order valence-corrected chi connectivity index (χ0v) is 16.3. The Morgan fingerprint density at radius 2 is 1.92 bits per heavy atom. The van der Waals surface area contributed by atoms with E-state index in [4.69, 9.17) is 4.74 Å². The third-order valence-electron chi connectivity index (χ3n) is 4.74. The van der Waals surface area contributed by atoms with Gasteiger partial charge in [0.05, 0.1) is 18.7 Å². The number of aromatic hydroxyl groups is 1. The number of amides is 1. The first-order valence-electron chi connectivity index (χ1n) is 8.73. The maximum Gasteiger partial charge on any atom is 0.255 e. The van der Waals surface area contributed by atoms with Crippen LogP contribution in [-0.4, -0.2) is 42.7 Å². The number of ether oxygens (including phenoxy) is 1.